The van der Waals surface area contributed by atoms with Crippen molar-refractivity contribution in [1.29, 1.82) is 0 Å². The first kappa shape index (κ1) is 13.5. The lowest BCUT2D eigenvalue weighted by Gasteiger charge is -2.00. The summed E-state index contributed by atoms with van der Waals surface area (Å²) in [5.74, 6) is -1.30. The molecule has 0 spiro atoms. The van der Waals surface area contributed by atoms with Crippen LogP contribution in [0.25, 0.3) is 0 Å². The maximum atomic E-state index is 12.9. The van der Waals surface area contributed by atoms with Crippen LogP contribution in [0.1, 0.15) is 11.1 Å². The molecule has 0 saturated heterocycles. The lowest BCUT2D eigenvalue weighted by Crippen LogP contribution is -1.91. The summed E-state index contributed by atoms with van der Waals surface area (Å²) in [6, 6.07) is 10.0. The van der Waals surface area contributed by atoms with E-state index < -0.39 is 11.6 Å². The molecule has 0 heterocycles. The number of rotatable bonds is 4. The summed E-state index contributed by atoms with van der Waals surface area (Å²) in [5, 5.41) is 4.15. The van der Waals surface area contributed by atoms with Crippen LogP contribution in [0.4, 0.5) is 8.78 Å². The van der Waals surface area contributed by atoms with Crippen molar-refractivity contribution in [2.24, 2.45) is 5.16 Å². The molecule has 0 bridgehead atoms. The first-order chi connectivity index (χ1) is 9.13. The van der Waals surface area contributed by atoms with E-state index in [1.165, 1.54) is 12.1 Å². The van der Waals surface area contributed by atoms with Crippen LogP contribution < -0.4 is 0 Å². The molecule has 0 aliphatic rings. The summed E-state index contributed by atoms with van der Waals surface area (Å²) in [6.07, 6.45) is 2.62. The quantitative estimate of drug-likeness (QED) is 0.612. The van der Waals surface area contributed by atoms with Gasteiger partial charge in [0.05, 0.1) is 0 Å². The Morgan fingerprint density at radius 2 is 1.84 bits per heavy atom. The van der Waals surface area contributed by atoms with Gasteiger partial charge in [-0.05, 0) is 29.8 Å². The Balaban J connectivity index is 1.93. The highest BCUT2D eigenvalue weighted by molar-refractivity contribution is 6.30. The van der Waals surface area contributed by atoms with Crippen molar-refractivity contribution in [3.05, 3.63) is 70.2 Å². The largest absolute Gasteiger partial charge is 0.390 e. The number of hydrogen-bond acceptors (Lipinski definition) is 2. The summed E-state index contributed by atoms with van der Waals surface area (Å²) in [7, 11) is 0. The zero-order valence-electron chi connectivity index (χ0n) is 9.74. The van der Waals surface area contributed by atoms with E-state index in [4.69, 9.17) is 16.4 Å². The van der Waals surface area contributed by atoms with Gasteiger partial charge in [-0.25, -0.2) is 8.78 Å². The maximum Gasteiger partial charge on any atom is 0.142 e. The monoisotopic (exact) mass is 280 g/mol. The smallest absolute Gasteiger partial charge is 0.142 e. The average Bonchev–Trinajstić information content (AvgIpc) is 2.34. The van der Waals surface area contributed by atoms with Crippen molar-refractivity contribution >= 4 is 17.8 Å². The third kappa shape index (κ3) is 4.34. The minimum absolute atomic E-state index is 0.0394. The SMILES string of the molecule is Fc1cc(F)cc(CO/N=[C]\c2cccc(Cl)c2)c1. The van der Waals surface area contributed by atoms with E-state index in [-0.39, 0.29) is 6.61 Å². The van der Waals surface area contributed by atoms with Crippen molar-refractivity contribution in [1.82, 2.24) is 0 Å². The fourth-order valence-corrected chi connectivity index (χ4v) is 1.63. The van der Waals surface area contributed by atoms with Crippen molar-refractivity contribution in [2.75, 3.05) is 0 Å². The molecule has 0 saturated carbocycles. The van der Waals surface area contributed by atoms with E-state index in [9.17, 15) is 8.78 Å². The molecule has 2 aromatic rings. The highest BCUT2D eigenvalue weighted by atomic mass is 35.5. The third-order valence-electron chi connectivity index (χ3n) is 2.22. The van der Waals surface area contributed by atoms with Gasteiger partial charge in [-0.1, -0.05) is 28.9 Å². The predicted molar refractivity (Wildman–Crippen MR) is 69.1 cm³/mol. The van der Waals surface area contributed by atoms with Gasteiger partial charge in [-0.3, -0.25) is 0 Å². The van der Waals surface area contributed by atoms with Crippen molar-refractivity contribution in [3.63, 3.8) is 0 Å². The van der Waals surface area contributed by atoms with Gasteiger partial charge in [0.25, 0.3) is 0 Å². The van der Waals surface area contributed by atoms with E-state index in [0.29, 0.717) is 16.1 Å². The average molecular weight is 281 g/mol. The standard InChI is InChI=1S/C14H9ClF2NO/c15-12-3-1-2-10(4-12)8-18-19-9-11-5-13(16)7-14(17)6-11/h1-7H,9H2. The molecule has 0 aromatic heterocycles. The van der Waals surface area contributed by atoms with Crippen LogP contribution in [-0.2, 0) is 11.4 Å². The summed E-state index contributed by atoms with van der Waals surface area (Å²) in [4.78, 5) is 4.91. The Hall–Kier alpha value is -1.94. The van der Waals surface area contributed by atoms with Crippen LogP contribution in [-0.4, -0.2) is 6.21 Å². The highest BCUT2D eigenvalue weighted by Gasteiger charge is 2.00. The molecule has 0 N–H and O–H groups in total. The van der Waals surface area contributed by atoms with Crippen molar-refractivity contribution in [3.8, 4) is 0 Å². The molecule has 0 fully saturated rings. The molecule has 0 aliphatic carbocycles. The fourth-order valence-electron chi connectivity index (χ4n) is 1.44. The van der Waals surface area contributed by atoms with Gasteiger partial charge >= 0.3 is 0 Å². The zero-order chi connectivity index (χ0) is 13.7. The minimum atomic E-state index is -0.651. The number of hydrogen-bond donors (Lipinski definition) is 0. The van der Waals surface area contributed by atoms with Crippen LogP contribution in [0.5, 0.6) is 0 Å². The fraction of sp³-hybridized carbons (Fsp3) is 0.0714. The summed E-state index contributed by atoms with van der Waals surface area (Å²) < 4.78 is 25.8. The number of nitrogens with zero attached hydrogens (tertiary/aromatic N) is 1. The van der Waals surface area contributed by atoms with Crippen LogP contribution in [0.3, 0.4) is 0 Å². The molecule has 0 aliphatic heterocycles. The molecule has 2 rings (SSSR count). The number of benzene rings is 2. The van der Waals surface area contributed by atoms with E-state index >= 15 is 0 Å². The molecule has 0 unspecified atom stereocenters. The molecule has 2 nitrogen and oxygen atoms in total. The summed E-state index contributed by atoms with van der Waals surface area (Å²) in [6.45, 7) is -0.0394. The van der Waals surface area contributed by atoms with Gasteiger partial charge in [-0.2, -0.15) is 0 Å². The topological polar surface area (TPSA) is 21.6 Å². The van der Waals surface area contributed by atoms with Gasteiger partial charge in [0, 0.05) is 16.7 Å². The molecule has 19 heavy (non-hydrogen) atoms. The van der Waals surface area contributed by atoms with E-state index in [0.717, 1.165) is 6.07 Å². The van der Waals surface area contributed by atoms with E-state index in [2.05, 4.69) is 11.4 Å². The van der Waals surface area contributed by atoms with Crippen LogP contribution in [0.2, 0.25) is 5.02 Å². The Bertz CT molecular complexity index is 581. The second-order valence-electron chi connectivity index (χ2n) is 3.76. The minimum Gasteiger partial charge on any atom is -0.390 e. The highest BCUT2D eigenvalue weighted by Crippen LogP contribution is 2.10. The van der Waals surface area contributed by atoms with E-state index in [1.54, 1.807) is 24.3 Å². The lowest BCUT2D eigenvalue weighted by molar-refractivity contribution is 0.131. The zero-order valence-corrected chi connectivity index (χ0v) is 10.5. The van der Waals surface area contributed by atoms with Crippen LogP contribution >= 0.6 is 11.6 Å². The third-order valence-corrected chi connectivity index (χ3v) is 2.45. The Morgan fingerprint density at radius 3 is 2.53 bits per heavy atom. The Kier molecular flexibility index (Phi) is 4.47. The Labute approximate surface area is 114 Å². The van der Waals surface area contributed by atoms with Gasteiger partial charge < -0.3 is 4.84 Å². The van der Waals surface area contributed by atoms with Crippen LogP contribution in [0.15, 0.2) is 47.6 Å². The molecule has 2 aromatic carbocycles. The Morgan fingerprint density at radius 1 is 1.11 bits per heavy atom. The molecule has 5 heteroatoms. The molecule has 97 valence electrons. The van der Waals surface area contributed by atoms with Crippen LogP contribution in [0, 0.1) is 11.6 Å². The van der Waals surface area contributed by atoms with Gasteiger partial charge in [0.1, 0.15) is 24.5 Å². The lowest BCUT2D eigenvalue weighted by atomic mass is 10.2. The maximum absolute atomic E-state index is 12.9. The van der Waals surface area contributed by atoms with Crippen molar-refractivity contribution in [2.45, 2.75) is 6.61 Å². The molecular weight excluding hydrogens is 272 g/mol. The second-order valence-corrected chi connectivity index (χ2v) is 4.20. The van der Waals surface area contributed by atoms with Gasteiger partial charge in [0.15, 0.2) is 0 Å². The van der Waals surface area contributed by atoms with Gasteiger partial charge in [0.2, 0.25) is 0 Å². The normalized spacial score (nSPS) is 10.9. The van der Waals surface area contributed by atoms with E-state index in [1.807, 2.05) is 0 Å². The second kappa shape index (κ2) is 6.29. The number of halogens is 3. The van der Waals surface area contributed by atoms with Gasteiger partial charge in [-0.15, -0.1) is 0 Å². The summed E-state index contributed by atoms with van der Waals surface area (Å²) in [5.41, 5.74) is 1.01. The molecular formula is C14H9ClF2NO. The van der Waals surface area contributed by atoms with Crippen molar-refractivity contribution < 1.29 is 13.6 Å². The summed E-state index contributed by atoms with van der Waals surface area (Å²) >= 11 is 5.78. The predicted octanol–water partition coefficient (Wildman–Crippen LogP) is 4.05. The molecule has 0 atom stereocenters. The molecule has 0 amide bonds. The first-order valence-corrected chi connectivity index (χ1v) is 5.80. The first-order valence-electron chi connectivity index (χ1n) is 5.42. The molecule has 1 radical (unpaired) electrons.